The highest BCUT2D eigenvalue weighted by molar-refractivity contribution is 5.84. The van der Waals surface area contributed by atoms with Gasteiger partial charge in [-0.1, -0.05) is 19.0 Å². The molecular weight excluding hydrogens is 186 g/mol. The van der Waals surface area contributed by atoms with Gasteiger partial charge >= 0.3 is 0 Å². The van der Waals surface area contributed by atoms with Gasteiger partial charge in [-0.15, -0.1) is 0 Å². The molecule has 1 aliphatic carbocycles. The molecule has 0 aromatic heterocycles. The minimum absolute atomic E-state index is 0.151. The van der Waals surface area contributed by atoms with Crippen molar-refractivity contribution in [1.29, 1.82) is 0 Å². The Bertz CT molecular complexity index is 215. The van der Waals surface area contributed by atoms with E-state index in [2.05, 4.69) is 19.0 Å². The SMILES string of the molecule is CC(C)C1CCC(=NOC(C)(C)C)CC1. The fourth-order valence-corrected chi connectivity index (χ4v) is 1.93. The molecule has 0 aliphatic heterocycles. The van der Waals surface area contributed by atoms with E-state index in [4.69, 9.17) is 4.84 Å². The molecule has 0 heterocycles. The van der Waals surface area contributed by atoms with E-state index >= 15 is 0 Å². The topological polar surface area (TPSA) is 21.6 Å². The molecule has 15 heavy (non-hydrogen) atoms. The lowest BCUT2D eigenvalue weighted by atomic mass is 9.81. The van der Waals surface area contributed by atoms with Crippen molar-refractivity contribution in [3.63, 3.8) is 0 Å². The maximum Gasteiger partial charge on any atom is 0.129 e. The van der Waals surface area contributed by atoms with Gasteiger partial charge in [-0.25, -0.2) is 0 Å². The summed E-state index contributed by atoms with van der Waals surface area (Å²) in [6.07, 6.45) is 4.81. The smallest absolute Gasteiger partial charge is 0.129 e. The fourth-order valence-electron chi connectivity index (χ4n) is 1.93. The summed E-state index contributed by atoms with van der Waals surface area (Å²) in [5.74, 6) is 1.70. The molecule has 0 atom stereocenters. The van der Waals surface area contributed by atoms with Crippen LogP contribution in [0.3, 0.4) is 0 Å². The van der Waals surface area contributed by atoms with Gasteiger partial charge in [-0.2, -0.15) is 0 Å². The van der Waals surface area contributed by atoms with Crippen LogP contribution >= 0.6 is 0 Å². The third-order valence-electron chi connectivity index (χ3n) is 3.00. The quantitative estimate of drug-likeness (QED) is 0.632. The molecule has 0 amide bonds. The molecule has 1 fully saturated rings. The van der Waals surface area contributed by atoms with Gasteiger partial charge in [0.15, 0.2) is 0 Å². The summed E-state index contributed by atoms with van der Waals surface area (Å²) in [7, 11) is 0. The van der Waals surface area contributed by atoms with Crippen LogP contribution in [0.2, 0.25) is 0 Å². The molecule has 0 radical (unpaired) electrons. The van der Waals surface area contributed by atoms with Crippen LogP contribution in [0.15, 0.2) is 5.16 Å². The van der Waals surface area contributed by atoms with Crippen LogP contribution in [0.25, 0.3) is 0 Å². The predicted molar refractivity (Wildman–Crippen MR) is 65.1 cm³/mol. The zero-order valence-corrected chi connectivity index (χ0v) is 10.8. The minimum atomic E-state index is -0.151. The summed E-state index contributed by atoms with van der Waals surface area (Å²) < 4.78 is 0. The Balaban J connectivity index is 2.37. The predicted octanol–water partition coefficient (Wildman–Crippen LogP) is 4.00. The Morgan fingerprint density at radius 1 is 1.20 bits per heavy atom. The third-order valence-corrected chi connectivity index (χ3v) is 3.00. The van der Waals surface area contributed by atoms with Gasteiger partial charge in [0.25, 0.3) is 0 Å². The van der Waals surface area contributed by atoms with Crippen molar-refractivity contribution in [1.82, 2.24) is 0 Å². The first-order chi connectivity index (χ1) is 6.88. The lowest BCUT2D eigenvalue weighted by Crippen LogP contribution is -2.21. The van der Waals surface area contributed by atoms with Crippen molar-refractivity contribution in [2.24, 2.45) is 17.0 Å². The molecule has 2 heteroatoms. The van der Waals surface area contributed by atoms with Crippen molar-refractivity contribution in [3.8, 4) is 0 Å². The molecule has 0 bridgehead atoms. The molecule has 0 aromatic carbocycles. The Morgan fingerprint density at radius 2 is 1.73 bits per heavy atom. The molecule has 0 spiro atoms. The van der Waals surface area contributed by atoms with Crippen LogP contribution < -0.4 is 0 Å². The normalized spacial score (nSPS) is 23.1. The van der Waals surface area contributed by atoms with Crippen LogP contribution in [0.1, 0.15) is 60.3 Å². The first kappa shape index (κ1) is 12.5. The molecule has 0 N–H and O–H groups in total. The van der Waals surface area contributed by atoms with Crippen LogP contribution in [-0.2, 0) is 4.84 Å². The molecule has 0 unspecified atom stereocenters. The van der Waals surface area contributed by atoms with Crippen molar-refractivity contribution in [3.05, 3.63) is 0 Å². The van der Waals surface area contributed by atoms with Gasteiger partial charge in [-0.05, 0) is 58.3 Å². The number of rotatable bonds is 2. The third kappa shape index (κ3) is 4.67. The molecule has 2 nitrogen and oxygen atoms in total. The summed E-state index contributed by atoms with van der Waals surface area (Å²) in [6.45, 7) is 10.8. The summed E-state index contributed by atoms with van der Waals surface area (Å²) in [6, 6.07) is 0. The number of nitrogens with zero attached hydrogens (tertiary/aromatic N) is 1. The van der Waals surface area contributed by atoms with Gasteiger partial charge in [0.1, 0.15) is 5.60 Å². The van der Waals surface area contributed by atoms with E-state index in [9.17, 15) is 0 Å². The van der Waals surface area contributed by atoms with E-state index in [-0.39, 0.29) is 5.60 Å². The second-order valence-corrected chi connectivity index (χ2v) is 5.94. The van der Waals surface area contributed by atoms with Crippen LogP contribution in [0, 0.1) is 11.8 Å². The highest BCUT2D eigenvalue weighted by Gasteiger charge is 2.21. The molecule has 1 saturated carbocycles. The van der Waals surface area contributed by atoms with E-state index in [1.54, 1.807) is 0 Å². The lowest BCUT2D eigenvalue weighted by Gasteiger charge is -2.26. The molecule has 1 rings (SSSR count). The van der Waals surface area contributed by atoms with Crippen molar-refractivity contribution < 1.29 is 4.84 Å². The van der Waals surface area contributed by atoms with E-state index in [1.807, 2.05) is 20.8 Å². The second-order valence-electron chi connectivity index (χ2n) is 5.94. The average molecular weight is 211 g/mol. The Labute approximate surface area is 94.1 Å². The largest absolute Gasteiger partial charge is 0.390 e. The number of hydrogen-bond donors (Lipinski definition) is 0. The van der Waals surface area contributed by atoms with Crippen LogP contribution in [-0.4, -0.2) is 11.3 Å². The maximum atomic E-state index is 5.45. The van der Waals surface area contributed by atoms with Crippen LogP contribution in [0.5, 0.6) is 0 Å². The first-order valence-electron chi connectivity index (χ1n) is 6.12. The number of hydrogen-bond acceptors (Lipinski definition) is 2. The minimum Gasteiger partial charge on any atom is -0.390 e. The van der Waals surface area contributed by atoms with Gasteiger partial charge in [0.05, 0.1) is 5.71 Å². The van der Waals surface area contributed by atoms with Gasteiger partial charge in [-0.3, -0.25) is 0 Å². The number of oxime groups is 1. The average Bonchev–Trinajstić information content (AvgIpc) is 2.14. The molecule has 0 aromatic rings. The van der Waals surface area contributed by atoms with Gasteiger partial charge in [0, 0.05) is 0 Å². The molecule has 1 aliphatic rings. The zero-order chi connectivity index (χ0) is 11.5. The first-order valence-corrected chi connectivity index (χ1v) is 6.12. The highest BCUT2D eigenvalue weighted by Crippen LogP contribution is 2.28. The summed E-state index contributed by atoms with van der Waals surface area (Å²) in [5, 5.41) is 4.26. The Kier molecular flexibility index (Phi) is 4.18. The molecule has 88 valence electrons. The van der Waals surface area contributed by atoms with Gasteiger partial charge in [0.2, 0.25) is 0 Å². The monoisotopic (exact) mass is 211 g/mol. The van der Waals surface area contributed by atoms with Crippen molar-refractivity contribution >= 4 is 5.71 Å². The second kappa shape index (κ2) is 5.00. The molecule has 0 saturated heterocycles. The Hall–Kier alpha value is -0.530. The molecular formula is C13H25NO. The highest BCUT2D eigenvalue weighted by atomic mass is 16.6. The van der Waals surface area contributed by atoms with E-state index in [0.717, 1.165) is 24.7 Å². The standard InChI is InChI=1S/C13H25NO/c1-10(2)11-6-8-12(9-7-11)14-15-13(3,4)5/h10-11H,6-9H2,1-5H3. The summed E-state index contributed by atoms with van der Waals surface area (Å²) >= 11 is 0. The van der Waals surface area contributed by atoms with Crippen LogP contribution in [0.4, 0.5) is 0 Å². The zero-order valence-electron chi connectivity index (χ0n) is 10.8. The van der Waals surface area contributed by atoms with E-state index in [0.29, 0.717) is 0 Å². The lowest BCUT2D eigenvalue weighted by molar-refractivity contribution is -0.000256. The summed E-state index contributed by atoms with van der Waals surface area (Å²) in [5.41, 5.74) is 1.10. The van der Waals surface area contributed by atoms with Crippen molar-refractivity contribution in [2.75, 3.05) is 0 Å². The van der Waals surface area contributed by atoms with Crippen molar-refractivity contribution in [2.45, 2.75) is 65.9 Å². The Morgan fingerprint density at radius 3 is 2.13 bits per heavy atom. The summed E-state index contributed by atoms with van der Waals surface area (Å²) in [4.78, 5) is 5.45. The van der Waals surface area contributed by atoms with Gasteiger partial charge < -0.3 is 4.84 Å². The fraction of sp³-hybridized carbons (Fsp3) is 0.923. The maximum absolute atomic E-state index is 5.45. The van der Waals surface area contributed by atoms with E-state index < -0.39 is 0 Å². The van der Waals surface area contributed by atoms with E-state index in [1.165, 1.54) is 18.6 Å².